The average molecular weight is 371 g/mol. The molecule has 2 aromatic heterocycles. The van der Waals surface area contributed by atoms with E-state index in [4.69, 9.17) is 0 Å². The SMILES string of the molecule is Cc1ccc(-c2ccc3nnc(C)n3n2)cc1S(=O)(=O)N1CCCCC1. The minimum Gasteiger partial charge on any atom is -0.207 e. The smallest absolute Gasteiger partial charge is 0.207 e. The largest absolute Gasteiger partial charge is 0.243 e. The molecule has 3 heterocycles. The van der Waals surface area contributed by atoms with Crippen LogP contribution in [-0.2, 0) is 10.0 Å². The second kappa shape index (κ2) is 6.44. The topological polar surface area (TPSA) is 80.5 Å². The molecular formula is C18H21N5O2S. The van der Waals surface area contributed by atoms with Crippen molar-refractivity contribution in [2.45, 2.75) is 38.0 Å². The third kappa shape index (κ3) is 2.89. The Morgan fingerprint density at radius 1 is 0.962 bits per heavy atom. The summed E-state index contributed by atoms with van der Waals surface area (Å²) in [5, 5.41) is 12.6. The molecule has 4 rings (SSSR count). The second-order valence-electron chi connectivity index (χ2n) is 6.68. The van der Waals surface area contributed by atoms with Crippen molar-refractivity contribution in [1.82, 2.24) is 24.1 Å². The van der Waals surface area contributed by atoms with Gasteiger partial charge in [0, 0.05) is 18.7 Å². The van der Waals surface area contributed by atoms with Gasteiger partial charge in [-0.25, -0.2) is 8.42 Å². The van der Waals surface area contributed by atoms with E-state index in [9.17, 15) is 8.42 Å². The first-order chi connectivity index (χ1) is 12.5. The molecule has 1 aliphatic rings. The highest BCUT2D eigenvalue weighted by Crippen LogP contribution is 2.28. The second-order valence-corrected chi connectivity index (χ2v) is 8.59. The minimum absolute atomic E-state index is 0.360. The number of hydrogen-bond donors (Lipinski definition) is 0. The lowest BCUT2D eigenvalue weighted by Crippen LogP contribution is -2.35. The van der Waals surface area contributed by atoms with Gasteiger partial charge in [0.05, 0.1) is 10.6 Å². The molecule has 0 bridgehead atoms. The molecule has 1 aliphatic heterocycles. The Balaban J connectivity index is 1.79. The van der Waals surface area contributed by atoms with Crippen LogP contribution in [-0.4, -0.2) is 45.6 Å². The summed E-state index contributed by atoms with van der Waals surface area (Å²) in [5.74, 6) is 0.690. The molecule has 0 amide bonds. The van der Waals surface area contributed by atoms with Crippen molar-refractivity contribution >= 4 is 15.7 Å². The zero-order valence-corrected chi connectivity index (χ0v) is 15.7. The highest BCUT2D eigenvalue weighted by Gasteiger charge is 2.27. The predicted molar refractivity (Wildman–Crippen MR) is 98.3 cm³/mol. The van der Waals surface area contributed by atoms with E-state index in [0.29, 0.717) is 35.2 Å². The minimum atomic E-state index is -3.49. The van der Waals surface area contributed by atoms with Gasteiger partial charge in [-0.15, -0.1) is 10.2 Å². The monoisotopic (exact) mass is 371 g/mol. The maximum absolute atomic E-state index is 13.1. The maximum Gasteiger partial charge on any atom is 0.243 e. The lowest BCUT2D eigenvalue weighted by molar-refractivity contribution is 0.346. The van der Waals surface area contributed by atoms with E-state index in [1.165, 1.54) is 0 Å². The summed E-state index contributed by atoms with van der Waals surface area (Å²) >= 11 is 0. The van der Waals surface area contributed by atoms with Crippen LogP contribution in [0.3, 0.4) is 0 Å². The van der Waals surface area contributed by atoms with Crippen LogP contribution < -0.4 is 0 Å². The Morgan fingerprint density at radius 3 is 2.50 bits per heavy atom. The number of nitrogens with zero attached hydrogens (tertiary/aromatic N) is 5. The Labute approximate surface area is 152 Å². The van der Waals surface area contributed by atoms with E-state index in [2.05, 4.69) is 15.3 Å². The van der Waals surface area contributed by atoms with Crippen molar-refractivity contribution < 1.29 is 8.42 Å². The number of hydrogen-bond acceptors (Lipinski definition) is 5. The van der Waals surface area contributed by atoms with Gasteiger partial charge in [0.1, 0.15) is 0 Å². The highest BCUT2D eigenvalue weighted by atomic mass is 32.2. The number of fused-ring (bicyclic) bond motifs is 1. The third-order valence-electron chi connectivity index (χ3n) is 4.84. The Bertz CT molecular complexity index is 1070. The van der Waals surface area contributed by atoms with Gasteiger partial charge in [-0.05, 0) is 50.5 Å². The Morgan fingerprint density at radius 2 is 1.73 bits per heavy atom. The molecule has 1 saturated heterocycles. The molecule has 0 saturated carbocycles. The number of rotatable bonds is 3. The van der Waals surface area contributed by atoms with Crippen LogP contribution in [0, 0.1) is 13.8 Å². The molecule has 0 unspecified atom stereocenters. The molecule has 26 heavy (non-hydrogen) atoms. The fraction of sp³-hybridized carbons (Fsp3) is 0.389. The molecule has 136 valence electrons. The molecule has 7 nitrogen and oxygen atoms in total. The van der Waals surface area contributed by atoms with E-state index < -0.39 is 10.0 Å². The zero-order chi connectivity index (χ0) is 18.3. The third-order valence-corrected chi connectivity index (χ3v) is 6.88. The standard InChI is InChI=1S/C18H21N5O2S/c1-13-6-7-15(16-8-9-18-20-19-14(2)23(18)21-16)12-17(13)26(24,25)22-10-4-3-5-11-22/h6-9,12H,3-5,10-11H2,1-2H3. The molecule has 8 heteroatoms. The molecule has 0 atom stereocenters. The van der Waals surface area contributed by atoms with Crippen LogP contribution in [0.1, 0.15) is 30.7 Å². The van der Waals surface area contributed by atoms with Crippen LogP contribution >= 0.6 is 0 Å². The molecule has 1 aromatic carbocycles. The molecule has 0 aliphatic carbocycles. The van der Waals surface area contributed by atoms with Crippen molar-refractivity contribution in [3.63, 3.8) is 0 Å². The van der Waals surface area contributed by atoms with Crippen LogP contribution in [0.25, 0.3) is 16.9 Å². The van der Waals surface area contributed by atoms with Gasteiger partial charge in [0.2, 0.25) is 10.0 Å². The van der Waals surface area contributed by atoms with Crippen molar-refractivity contribution in [2.75, 3.05) is 13.1 Å². The average Bonchev–Trinajstić information content (AvgIpc) is 3.03. The summed E-state index contributed by atoms with van der Waals surface area (Å²) in [6.07, 6.45) is 2.93. The van der Waals surface area contributed by atoms with E-state index in [0.717, 1.165) is 30.4 Å². The van der Waals surface area contributed by atoms with E-state index in [1.807, 2.05) is 38.1 Å². The summed E-state index contributed by atoms with van der Waals surface area (Å²) in [7, 11) is -3.49. The van der Waals surface area contributed by atoms with Gasteiger partial charge >= 0.3 is 0 Å². The Kier molecular flexibility index (Phi) is 4.24. The summed E-state index contributed by atoms with van der Waals surface area (Å²) in [6, 6.07) is 9.15. The zero-order valence-electron chi connectivity index (χ0n) is 14.9. The first-order valence-corrected chi connectivity index (χ1v) is 10.2. The summed E-state index contributed by atoms with van der Waals surface area (Å²) in [4.78, 5) is 0.360. The normalized spacial score (nSPS) is 16.2. The van der Waals surface area contributed by atoms with Crippen molar-refractivity contribution in [3.8, 4) is 11.3 Å². The molecule has 0 spiro atoms. The first kappa shape index (κ1) is 17.1. The molecule has 0 N–H and O–H groups in total. The lowest BCUT2D eigenvalue weighted by Gasteiger charge is -2.26. The van der Waals surface area contributed by atoms with Gasteiger partial charge in [-0.2, -0.15) is 13.9 Å². The van der Waals surface area contributed by atoms with E-state index >= 15 is 0 Å². The van der Waals surface area contributed by atoms with Crippen molar-refractivity contribution in [3.05, 3.63) is 41.7 Å². The van der Waals surface area contributed by atoms with Crippen LogP contribution in [0.15, 0.2) is 35.2 Å². The lowest BCUT2D eigenvalue weighted by atomic mass is 10.1. The summed E-state index contributed by atoms with van der Waals surface area (Å²) in [5.41, 5.74) is 2.87. The van der Waals surface area contributed by atoms with Gasteiger partial charge in [0.25, 0.3) is 0 Å². The van der Waals surface area contributed by atoms with Gasteiger partial charge in [-0.3, -0.25) is 0 Å². The number of piperidine rings is 1. The van der Waals surface area contributed by atoms with Crippen LogP contribution in [0.2, 0.25) is 0 Å². The van der Waals surface area contributed by atoms with E-state index in [-0.39, 0.29) is 0 Å². The number of aryl methyl sites for hydroxylation is 2. The fourth-order valence-corrected chi connectivity index (χ4v) is 5.10. The first-order valence-electron chi connectivity index (χ1n) is 8.77. The van der Waals surface area contributed by atoms with Crippen molar-refractivity contribution in [1.29, 1.82) is 0 Å². The van der Waals surface area contributed by atoms with Gasteiger partial charge in [-0.1, -0.05) is 18.6 Å². The van der Waals surface area contributed by atoms with Crippen LogP contribution in [0.5, 0.6) is 0 Å². The maximum atomic E-state index is 13.1. The molecule has 1 fully saturated rings. The van der Waals surface area contributed by atoms with Gasteiger partial charge < -0.3 is 0 Å². The summed E-state index contributed by atoms with van der Waals surface area (Å²) in [6.45, 7) is 4.85. The van der Waals surface area contributed by atoms with E-state index in [1.54, 1.807) is 14.9 Å². The fourth-order valence-electron chi connectivity index (χ4n) is 3.33. The highest BCUT2D eigenvalue weighted by molar-refractivity contribution is 7.89. The summed E-state index contributed by atoms with van der Waals surface area (Å²) < 4.78 is 29.5. The van der Waals surface area contributed by atoms with Crippen LogP contribution in [0.4, 0.5) is 0 Å². The number of aromatic nitrogens is 4. The predicted octanol–water partition coefficient (Wildman–Crippen LogP) is 2.58. The molecule has 3 aromatic rings. The number of sulfonamides is 1. The molecule has 0 radical (unpaired) electrons. The number of benzene rings is 1. The van der Waals surface area contributed by atoms with Crippen molar-refractivity contribution in [2.24, 2.45) is 0 Å². The van der Waals surface area contributed by atoms with Gasteiger partial charge in [0.15, 0.2) is 11.5 Å². The molecular weight excluding hydrogens is 350 g/mol. The Hall–Kier alpha value is -2.32. The quantitative estimate of drug-likeness (QED) is 0.707.